The summed E-state index contributed by atoms with van der Waals surface area (Å²) in [5.74, 6) is 0.260. The third kappa shape index (κ3) is 2.55. The Labute approximate surface area is 175 Å². The number of anilines is 1. The Morgan fingerprint density at radius 2 is 1.67 bits per heavy atom. The van der Waals surface area contributed by atoms with E-state index in [9.17, 15) is 4.79 Å². The number of benzene rings is 3. The minimum Gasteiger partial charge on any atom is -0.372 e. The van der Waals surface area contributed by atoms with Crippen molar-refractivity contribution in [3.8, 4) is 0 Å². The van der Waals surface area contributed by atoms with E-state index in [2.05, 4.69) is 84.8 Å². The Balaban J connectivity index is 1.63. The standard InChI is InChI=1S/C27H24N2O/c1-27(2)14-19-24-18-9-5-3-7-16(18)11-12-21(24)29-26(25(19)23(30)15-27)22-13-17-8-4-6-10-20(17)28-22/h3-13,26,28-29H,14-15H2,1-2H3/t26-/m1/s1. The van der Waals surface area contributed by atoms with Gasteiger partial charge in [-0.2, -0.15) is 0 Å². The molecule has 1 atom stereocenters. The van der Waals surface area contributed by atoms with Crippen LogP contribution in [0.1, 0.15) is 44.0 Å². The maximum atomic E-state index is 13.5. The van der Waals surface area contributed by atoms with Crippen LogP contribution in [0.25, 0.3) is 27.2 Å². The van der Waals surface area contributed by atoms with Gasteiger partial charge in [0.2, 0.25) is 0 Å². The van der Waals surface area contributed by atoms with Crippen LogP contribution in [0.15, 0.2) is 72.3 Å². The Kier molecular flexibility index (Phi) is 3.55. The van der Waals surface area contributed by atoms with E-state index < -0.39 is 0 Å². The van der Waals surface area contributed by atoms with Crippen molar-refractivity contribution >= 4 is 38.7 Å². The van der Waals surface area contributed by atoms with Gasteiger partial charge in [-0.3, -0.25) is 4.79 Å². The molecule has 148 valence electrons. The van der Waals surface area contributed by atoms with Gasteiger partial charge in [0.05, 0.1) is 6.04 Å². The number of H-pyrrole nitrogens is 1. The molecule has 0 saturated carbocycles. The van der Waals surface area contributed by atoms with E-state index in [1.165, 1.54) is 27.3 Å². The number of para-hydroxylation sites is 1. The summed E-state index contributed by atoms with van der Waals surface area (Å²) in [5.41, 5.74) is 6.58. The second-order valence-corrected chi connectivity index (χ2v) is 9.43. The summed E-state index contributed by atoms with van der Waals surface area (Å²) in [6.07, 6.45) is 1.50. The quantitative estimate of drug-likeness (QED) is 0.382. The summed E-state index contributed by atoms with van der Waals surface area (Å²) in [7, 11) is 0. The maximum Gasteiger partial charge on any atom is 0.162 e. The number of allylic oxidation sites excluding steroid dienone is 1. The van der Waals surface area contributed by atoms with Crippen molar-refractivity contribution < 1.29 is 4.79 Å². The van der Waals surface area contributed by atoms with E-state index in [-0.39, 0.29) is 17.2 Å². The fraction of sp³-hybridized carbons (Fsp3) is 0.222. The first-order valence-electron chi connectivity index (χ1n) is 10.6. The highest BCUT2D eigenvalue weighted by molar-refractivity contribution is 6.13. The minimum absolute atomic E-state index is 0.0352. The number of nitrogens with one attached hydrogen (secondary N) is 2. The van der Waals surface area contributed by atoms with Gasteiger partial charge in [0, 0.05) is 34.5 Å². The van der Waals surface area contributed by atoms with Gasteiger partial charge in [-0.25, -0.2) is 0 Å². The lowest BCUT2D eigenvalue weighted by atomic mass is 9.68. The lowest BCUT2D eigenvalue weighted by Gasteiger charge is -2.39. The van der Waals surface area contributed by atoms with E-state index >= 15 is 0 Å². The third-order valence-corrected chi connectivity index (χ3v) is 6.60. The summed E-state index contributed by atoms with van der Waals surface area (Å²) < 4.78 is 0. The molecule has 1 aliphatic heterocycles. The molecule has 0 unspecified atom stereocenters. The molecular weight excluding hydrogens is 368 g/mol. The van der Waals surface area contributed by atoms with Gasteiger partial charge in [0.15, 0.2) is 5.78 Å². The molecule has 0 saturated heterocycles. The van der Waals surface area contributed by atoms with Crippen molar-refractivity contribution in [2.75, 3.05) is 5.32 Å². The molecule has 0 bridgehead atoms. The summed E-state index contributed by atoms with van der Waals surface area (Å²) in [4.78, 5) is 17.0. The SMILES string of the molecule is CC1(C)CC(=O)C2=C(C1)c1c(ccc3ccccc13)N[C@@H]2c1cc2ccccc2[nH]1. The zero-order valence-electron chi connectivity index (χ0n) is 17.3. The molecule has 1 aromatic heterocycles. The minimum atomic E-state index is -0.148. The smallest absolute Gasteiger partial charge is 0.162 e. The summed E-state index contributed by atoms with van der Waals surface area (Å²) in [5, 5.41) is 7.31. The predicted molar refractivity (Wildman–Crippen MR) is 124 cm³/mol. The normalized spacial score (nSPS) is 20.2. The van der Waals surface area contributed by atoms with Gasteiger partial charge in [-0.15, -0.1) is 0 Å². The van der Waals surface area contributed by atoms with Crippen molar-refractivity contribution in [1.29, 1.82) is 0 Å². The van der Waals surface area contributed by atoms with Gasteiger partial charge in [0.25, 0.3) is 0 Å². The van der Waals surface area contributed by atoms with Crippen LogP contribution in [0.4, 0.5) is 5.69 Å². The Hall–Kier alpha value is -3.33. The highest BCUT2D eigenvalue weighted by atomic mass is 16.1. The number of carbonyl (C=O) groups is 1. The molecule has 0 amide bonds. The van der Waals surface area contributed by atoms with Crippen molar-refractivity contribution in [3.63, 3.8) is 0 Å². The Bertz CT molecular complexity index is 1340. The average Bonchev–Trinajstić information content (AvgIpc) is 3.16. The Morgan fingerprint density at radius 3 is 2.50 bits per heavy atom. The largest absolute Gasteiger partial charge is 0.372 e. The molecule has 1 aliphatic carbocycles. The van der Waals surface area contributed by atoms with E-state index in [0.29, 0.717) is 6.42 Å². The fourth-order valence-electron chi connectivity index (χ4n) is 5.32. The molecule has 3 nitrogen and oxygen atoms in total. The number of hydrogen-bond donors (Lipinski definition) is 2. The van der Waals surface area contributed by atoms with Gasteiger partial charge >= 0.3 is 0 Å². The van der Waals surface area contributed by atoms with Crippen molar-refractivity contribution in [2.45, 2.75) is 32.7 Å². The molecule has 0 fully saturated rings. The van der Waals surface area contributed by atoms with E-state index in [0.717, 1.165) is 28.9 Å². The summed E-state index contributed by atoms with van der Waals surface area (Å²) in [6, 6.07) is 23.1. The molecule has 3 aromatic carbocycles. The van der Waals surface area contributed by atoms with Crippen LogP contribution in [0.5, 0.6) is 0 Å². The molecule has 3 heteroatoms. The number of Topliss-reactive ketones (excluding diaryl/α,β-unsaturated/α-hetero) is 1. The highest BCUT2D eigenvalue weighted by Gasteiger charge is 2.41. The third-order valence-electron chi connectivity index (χ3n) is 6.60. The lowest BCUT2D eigenvalue weighted by molar-refractivity contribution is -0.118. The first-order valence-corrected chi connectivity index (χ1v) is 10.6. The first kappa shape index (κ1) is 17.5. The van der Waals surface area contributed by atoms with Crippen LogP contribution >= 0.6 is 0 Å². The van der Waals surface area contributed by atoms with Crippen molar-refractivity contribution in [1.82, 2.24) is 4.98 Å². The molecule has 0 spiro atoms. The molecule has 2 N–H and O–H groups in total. The second kappa shape index (κ2) is 6.09. The molecule has 2 heterocycles. The average molecular weight is 393 g/mol. The fourth-order valence-corrected chi connectivity index (χ4v) is 5.32. The topological polar surface area (TPSA) is 44.9 Å². The van der Waals surface area contributed by atoms with Crippen LogP contribution in [-0.4, -0.2) is 10.8 Å². The first-order chi connectivity index (χ1) is 14.5. The van der Waals surface area contributed by atoms with Crippen molar-refractivity contribution in [2.24, 2.45) is 5.41 Å². The monoisotopic (exact) mass is 392 g/mol. The number of hydrogen-bond acceptors (Lipinski definition) is 2. The highest BCUT2D eigenvalue weighted by Crippen LogP contribution is 2.52. The molecular formula is C27H24N2O. The predicted octanol–water partition coefficient (Wildman–Crippen LogP) is 6.63. The number of carbonyl (C=O) groups excluding carboxylic acids is 1. The van der Waals surface area contributed by atoms with E-state index in [1.54, 1.807) is 0 Å². The Morgan fingerprint density at radius 1 is 0.900 bits per heavy atom. The van der Waals surface area contributed by atoms with Gasteiger partial charge < -0.3 is 10.3 Å². The molecule has 6 rings (SSSR count). The zero-order chi connectivity index (χ0) is 20.5. The molecule has 30 heavy (non-hydrogen) atoms. The maximum absolute atomic E-state index is 13.5. The van der Waals surface area contributed by atoms with Crippen LogP contribution in [-0.2, 0) is 4.79 Å². The van der Waals surface area contributed by atoms with Gasteiger partial charge in [0.1, 0.15) is 0 Å². The molecule has 2 aliphatic rings. The summed E-state index contributed by atoms with van der Waals surface area (Å²) in [6.45, 7) is 4.42. The van der Waals surface area contributed by atoms with Gasteiger partial charge in [-0.05, 0) is 51.8 Å². The van der Waals surface area contributed by atoms with Crippen LogP contribution < -0.4 is 5.32 Å². The number of fused-ring (bicyclic) bond motifs is 5. The second-order valence-electron chi connectivity index (χ2n) is 9.43. The number of aromatic nitrogens is 1. The lowest BCUT2D eigenvalue weighted by Crippen LogP contribution is -2.33. The van der Waals surface area contributed by atoms with E-state index in [1.807, 2.05) is 6.07 Å². The number of rotatable bonds is 1. The molecule has 0 radical (unpaired) electrons. The zero-order valence-corrected chi connectivity index (χ0v) is 17.3. The van der Waals surface area contributed by atoms with Crippen LogP contribution in [0.2, 0.25) is 0 Å². The summed E-state index contributed by atoms with van der Waals surface area (Å²) >= 11 is 0. The van der Waals surface area contributed by atoms with Gasteiger partial charge in [-0.1, -0.05) is 62.4 Å². The van der Waals surface area contributed by atoms with Crippen molar-refractivity contribution in [3.05, 3.63) is 83.6 Å². The van der Waals surface area contributed by atoms with E-state index in [4.69, 9.17) is 0 Å². The molecule has 4 aromatic rings. The number of ketones is 1. The van der Waals surface area contributed by atoms with Crippen LogP contribution in [0, 0.1) is 5.41 Å². The van der Waals surface area contributed by atoms with Crippen LogP contribution in [0.3, 0.4) is 0 Å². The number of aromatic amines is 1.